The van der Waals surface area contributed by atoms with Gasteiger partial charge in [-0.25, -0.2) is 4.98 Å². The Kier molecular flexibility index (Phi) is 6.67. The molecule has 0 aliphatic heterocycles. The molecule has 18 heavy (non-hydrogen) atoms. The van der Waals surface area contributed by atoms with Crippen LogP contribution in [0.2, 0.25) is 0 Å². The van der Waals surface area contributed by atoms with E-state index < -0.39 is 6.04 Å². The summed E-state index contributed by atoms with van der Waals surface area (Å²) >= 11 is 3.33. The van der Waals surface area contributed by atoms with Crippen molar-refractivity contribution in [2.45, 2.75) is 38.8 Å². The van der Waals surface area contributed by atoms with Crippen molar-refractivity contribution in [3.63, 3.8) is 0 Å². The molecule has 6 heteroatoms. The number of aryl methyl sites for hydroxylation is 1. The fourth-order valence-electron chi connectivity index (χ4n) is 1.46. The zero-order chi connectivity index (χ0) is 13.5. The number of carbonyl (C=O) groups excluding carboxylic acids is 1. The van der Waals surface area contributed by atoms with Gasteiger partial charge >= 0.3 is 0 Å². The first-order valence-electron chi connectivity index (χ1n) is 6.07. The first-order chi connectivity index (χ1) is 8.58. The Morgan fingerprint density at radius 1 is 1.67 bits per heavy atom. The predicted octanol–water partition coefficient (Wildman–Crippen LogP) is 1.96. The molecule has 1 amide bonds. The van der Waals surface area contributed by atoms with Crippen molar-refractivity contribution >= 4 is 29.0 Å². The highest BCUT2D eigenvalue weighted by Crippen LogP contribution is 2.17. The maximum atomic E-state index is 11.8. The summed E-state index contributed by atoms with van der Waals surface area (Å²) in [7, 11) is 0. The number of thioether (sulfide) groups is 1. The van der Waals surface area contributed by atoms with Gasteiger partial charge in [-0.1, -0.05) is 6.92 Å². The lowest BCUT2D eigenvalue weighted by atomic mass is 10.2. The van der Waals surface area contributed by atoms with Crippen LogP contribution in [0.4, 0.5) is 0 Å². The molecule has 0 spiro atoms. The third-order valence-electron chi connectivity index (χ3n) is 2.64. The van der Waals surface area contributed by atoms with Gasteiger partial charge in [-0.05, 0) is 31.8 Å². The van der Waals surface area contributed by atoms with E-state index in [0.29, 0.717) is 6.42 Å². The van der Waals surface area contributed by atoms with Crippen LogP contribution in [0, 0.1) is 0 Å². The first-order valence-corrected chi connectivity index (χ1v) is 8.35. The van der Waals surface area contributed by atoms with Gasteiger partial charge in [-0.3, -0.25) is 4.79 Å². The molecule has 0 aliphatic rings. The third kappa shape index (κ3) is 4.59. The summed E-state index contributed by atoms with van der Waals surface area (Å²) in [5, 5.41) is 6.01. The molecule has 0 saturated heterocycles. The second kappa shape index (κ2) is 7.76. The minimum absolute atomic E-state index is 0.0746. The highest BCUT2D eigenvalue weighted by molar-refractivity contribution is 7.98. The Hall–Kier alpha value is -0.590. The van der Waals surface area contributed by atoms with Crippen LogP contribution in [-0.2, 0) is 11.2 Å². The molecule has 4 nitrogen and oxygen atoms in total. The lowest BCUT2D eigenvalue weighted by Crippen LogP contribution is -2.42. The molecule has 1 aromatic heterocycles. The molecule has 0 saturated carbocycles. The highest BCUT2D eigenvalue weighted by Gasteiger charge is 2.17. The molecule has 1 heterocycles. The van der Waals surface area contributed by atoms with Crippen LogP contribution >= 0.6 is 23.1 Å². The third-order valence-corrected chi connectivity index (χ3v) is 4.30. The van der Waals surface area contributed by atoms with E-state index in [-0.39, 0.29) is 11.9 Å². The molecule has 0 fully saturated rings. The van der Waals surface area contributed by atoms with Gasteiger partial charge in [0.15, 0.2) is 0 Å². The fourth-order valence-corrected chi connectivity index (χ4v) is 2.78. The van der Waals surface area contributed by atoms with E-state index in [9.17, 15) is 4.79 Å². The second-order valence-corrected chi connectivity index (χ2v) is 6.07. The molecule has 0 bridgehead atoms. The number of nitrogens with two attached hydrogens (primary N) is 1. The standard InChI is InChI=1S/C12H21N3OS2/c1-4-11-15-10(7-18-11)8(2)14-12(16)9(13)5-6-17-3/h7-9H,4-6,13H2,1-3H3,(H,14,16)/t8?,9-/m0/s1. The molecule has 0 aromatic carbocycles. The Morgan fingerprint density at radius 3 is 2.94 bits per heavy atom. The van der Waals surface area contributed by atoms with Gasteiger partial charge in [0.1, 0.15) is 0 Å². The topological polar surface area (TPSA) is 68.0 Å². The van der Waals surface area contributed by atoms with E-state index in [1.54, 1.807) is 23.1 Å². The van der Waals surface area contributed by atoms with E-state index in [2.05, 4.69) is 17.2 Å². The lowest BCUT2D eigenvalue weighted by Gasteiger charge is -2.15. The van der Waals surface area contributed by atoms with Gasteiger partial charge in [-0.15, -0.1) is 11.3 Å². The number of thiazole rings is 1. The number of rotatable bonds is 7. The molecule has 1 rings (SSSR count). The van der Waals surface area contributed by atoms with Crippen LogP contribution in [-0.4, -0.2) is 28.9 Å². The monoisotopic (exact) mass is 287 g/mol. The number of amides is 1. The SMILES string of the molecule is CCc1nc(C(C)NC(=O)[C@@H](N)CCSC)cs1. The van der Waals surface area contributed by atoms with Crippen molar-refractivity contribution in [3.05, 3.63) is 16.1 Å². The maximum absolute atomic E-state index is 11.8. The lowest BCUT2D eigenvalue weighted by molar-refractivity contribution is -0.123. The van der Waals surface area contributed by atoms with Crippen LogP contribution < -0.4 is 11.1 Å². The van der Waals surface area contributed by atoms with Crippen LogP contribution in [0.3, 0.4) is 0 Å². The average molecular weight is 287 g/mol. The van der Waals surface area contributed by atoms with Crippen LogP contribution in [0.15, 0.2) is 5.38 Å². The number of nitrogens with one attached hydrogen (secondary N) is 1. The summed E-state index contributed by atoms with van der Waals surface area (Å²) in [6.07, 6.45) is 3.64. The first kappa shape index (κ1) is 15.5. The van der Waals surface area contributed by atoms with Crippen molar-refractivity contribution < 1.29 is 4.79 Å². The quantitative estimate of drug-likeness (QED) is 0.804. The maximum Gasteiger partial charge on any atom is 0.237 e. The summed E-state index contributed by atoms with van der Waals surface area (Å²) in [6, 6.07) is -0.501. The van der Waals surface area contributed by atoms with E-state index in [4.69, 9.17) is 5.73 Å². The molecule has 1 aromatic rings. The molecule has 0 radical (unpaired) electrons. The Labute approximate surface area is 117 Å². The summed E-state index contributed by atoms with van der Waals surface area (Å²) in [5.41, 5.74) is 6.74. The van der Waals surface area contributed by atoms with E-state index in [1.807, 2.05) is 18.6 Å². The second-order valence-electron chi connectivity index (χ2n) is 4.14. The molecular formula is C12H21N3OS2. The molecule has 102 valence electrons. The van der Waals surface area contributed by atoms with Crippen molar-refractivity contribution in [2.24, 2.45) is 5.73 Å². The Balaban J connectivity index is 2.48. The van der Waals surface area contributed by atoms with Gasteiger partial charge in [-0.2, -0.15) is 11.8 Å². The van der Waals surface area contributed by atoms with Crippen LogP contribution in [0.25, 0.3) is 0 Å². The van der Waals surface area contributed by atoms with Crippen molar-refractivity contribution in [3.8, 4) is 0 Å². The van der Waals surface area contributed by atoms with Gasteiger partial charge < -0.3 is 11.1 Å². The van der Waals surface area contributed by atoms with Gasteiger partial charge in [0, 0.05) is 5.38 Å². The minimum atomic E-state index is -0.427. The Bertz CT molecular complexity index is 381. The van der Waals surface area contributed by atoms with Crippen molar-refractivity contribution in [2.75, 3.05) is 12.0 Å². The predicted molar refractivity (Wildman–Crippen MR) is 79.0 cm³/mol. The van der Waals surface area contributed by atoms with Gasteiger partial charge in [0.25, 0.3) is 0 Å². The van der Waals surface area contributed by atoms with Crippen LogP contribution in [0.5, 0.6) is 0 Å². The normalized spacial score (nSPS) is 14.2. The Morgan fingerprint density at radius 2 is 2.39 bits per heavy atom. The summed E-state index contributed by atoms with van der Waals surface area (Å²) in [6.45, 7) is 4.01. The van der Waals surface area contributed by atoms with E-state index in [1.165, 1.54) is 0 Å². The minimum Gasteiger partial charge on any atom is -0.347 e. The fraction of sp³-hybridized carbons (Fsp3) is 0.667. The summed E-state index contributed by atoms with van der Waals surface area (Å²) in [4.78, 5) is 16.3. The van der Waals surface area contributed by atoms with Gasteiger partial charge in [0.2, 0.25) is 5.91 Å². The number of aromatic nitrogens is 1. The summed E-state index contributed by atoms with van der Waals surface area (Å²) in [5.74, 6) is 0.808. The zero-order valence-electron chi connectivity index (χ0n) is 11.1. The van der Waals surface area contributed by atoms with E-state index >= 15 is 0 Å². The highest BCUT2D eigenvalue weighted by atomic mass is 32.2. The molecule has 2 atom stereocenters. The average Bonchev–Trinajstić information content (AvgIpc) is 2.84. The largest absolute Gasteiger partial charge is 0.347 e. The molecule has 1 unspecified atom stereocenters. The van der Waals surface area contributed by atoms with Crippen molar-refractivity contribution in [1.82, 2.24) is 10.3 Å². The number of hydrogen-bond acceptors (Lipinski definition) is 5. The smallest absolute Gasteiger partial charge is 0.237 e. The molecule has 0 aliphatic carbocycles. The van der Waals surface area contributed by atoms with Crippen molar-refractivity contribution in [1.29, 1.82) is 0 Å². The van der Waals surface area contributed by atoms with E-state index in [0.717, 1.165) is 22.9 Å². The molecular weight excluding hydrogens is 266 g/mol. The summed E-state index contributed by atoms with van der Waals surface area (Å²) < 4.78 is 0. The number of carbonyl (C=O) groups is 1. The number of hydrogen-bond donors (Lipinski definition) is 2. The number of nitrogens with zero attached hydrogens (tertiary/aromatic N) is 1. The van der Waals surface area contributed by atoms with Gasteiger partial charge in [0.05, 0.1) is 22.8 Å². The zero-order valence-corrected chi connectivity index (χ0v) is 12.7. The van der Waals surface area contributed by atoms with Crippen LogP contribution in [0.1, 0.15) is 37.0 Å². The molecule has 3 N–H and O–H groups in total.